The van der Waals surface area contributed by atoms with Crippen LogP contribution in [-0.2, 0) is 0 Å². The molecule has 0 amide bonds. The van der Waals surface area contributed by atoms with Gasteiger partial charge in [0.25, 0.3) is 0 Å². The van der Waals surface area contributed by atoms with Crippen LogP contribution >= 0.6 is 22.7 Å². The number of furan rings is 1. The normalized spacial score (nSPS) is 10.7. The maximum Gasteiger partial charge on any atom is 0.183 e. The van der Waals surface area contributed by atoms with Gasteiger partial charge < -0.3 is 9.73 Å². The summed E-state index contributed by atoms with van der Waals surface area (Å²) in [6, 6.07) is 3.77. The maximum absolute atomic E-state index is 5.33. The van der Waals surface area contributed by atoms with Gasteiger partial charge in [-0.15, -0.1) is 22.7 Å². The van der Waals surface area contributed by atoms with Crippen LogP contribution in [0.25, 0.3) is 21.3 Å². The summed E-state index contributed by atoms with van der Waals surface area (Å²) in [4.78, 5) is 9.93. The molecule has 3 heterocycles. The van der Waals surface area contributed by atoms with Crippen molar-refractivity contribution in [2.75, 3.05) is 11.9 Å². The SMILES string of the molecule is CCNc1nc(-c2cnc(-c3ccco3)s2)cs1. The molecule has 18 heavy (non-hydrogen) atoms. The molecule has 0 spiro atoms. The van der Waals surface area contributed by atoms with Crippen molar-refractivity contribution in [2.24, 2.45) is 0 Å². The van der Waals surface area contributed by atoms with Crippen LogP contribution in [0.2, 0.25) is 0 Å². The highest BCUT2D eigenvalue weighted by molar-refractivity contribution is 7.19. The Bertz CT molecular complexity index is 627. The van der Waals surface area contributed by atoms with Crippen molar-refractivity contribution < 1.29 is 4.42 Å². The van der Waals surface area contributed by atoms with Gasteiger partial charge in [-0.25, -0.2) is 9.97 Å². The number of nitrogens with one attached hydrogen (secondary N) is 1. The Labute approximate surface area is 112 Å². The first-order chi connectivity index (χ1) is 8.86. The lowest BCUT2D eigenvalue weighted by Crippen LogP contribution is -1.94. The third kappa shape index (κ3) is 2.16. The average Bonchev–Trinajstić information content (AvgIpc) is 3.10. The Kier molecular flexibility index (Phi) is 3.12. The molecule has 3 aromatic heterocycles. The molecule has 0 atom stereocenters. The summed E-state index contributed by atoms with van der Waals surface area (Å²) in [6.07, 6.45) is 3.50. The lowest BCUT2D eigenvalue weighted by Gasteiger charge is -1.93. The van der Waals surface area contributed by atoms with Gasteiger partial charge in [0.2, 0.25) is 0 Å². The molecule has 92 valence electrons. The molecule has 3 aromatic rings. The van der Waals surface area contributed by atoms with Crippen LogP contribution in [0.4, 0.5) is 5.13 Å². The molecule has 1 N–H and O–H groups in total. The molecule has 0 radical (unpaired) electrons. The van der Waals surface area contributed by atoms with Gasteiger partial charge in [0.15, 0.2) is 15.9 Å². The molecule has 0 aliphatic heterocycles. The van der Waals surface area contributed by atoms with Gasteiger partial charge in [-0.2, -0.15) is 0 Å². The monoisotopic (exact) mass is 277 g/mol. The second kappa shape index (κ2) is 4.91. The molecule has 4 nitrogen and oxygen atoms in total. The van der Waals surface area contributed by atoms with Gasteiger partial charge in [-0.05, 0) is 19.1 Å². The van der Waals surface area contributed by atoms with Crippen LogP contribution in [0.15, 0.2) is 34.4 Å². The Balaban J connectivity index is 1.88. The summed E-state index contributed by atoms with van der Waals surface area (Å²) in [7, 11) is 0. The van der Waals surface area contributed by atoms with Crippen LogP contribution in [0.1, 0.15) is 6.92 Å². The molecule has 0 fully saturated rings. The lowest BCUT2D eigenvalue weighted by atomic mass is 10.4. The summed E-state index contributed by atoms with van der Waals surface area (Å²) in [5.74, 6) is 0.799. The predicted molar refractivity (Wildman–Crippen MR) is 75.1 cm³/mol. The fourth-order valence-electron chi connectivity index (χ4n) is 1.53. The largest absolute Gasteiger partial charge is 0.462 e. The molecule has 0 aromatic carbocycles. The molecular weight excluding hydrogens is 266 g/mol. The highest BCUT2D eigenvalue weighted by atomic mass is 32.1. The van der Waals surface area contributed by atoms with Crippen LogP contribution in [-0.4, -0.2) is 16.5 Å². The summed E-state index contributed by atoms with van der Waals surface area (Å²) < 4.78 is 5.33. The summed E-state index contributed by atoms with van der Waals surface area (Å²) >= 11 is 3.20. The van der Waals surface area contributed by atoms with Crippen LogP contribution in [0.3, 0.4) is 0 Å². The minimum absolute atomic E-state index is 0.799. The zero-order valence-electron chi connectivity index (χ0n) is 9.71. The first-order valence-corrected chi connectivity index (χ1v) is 7.26. The van der Waals surface area contributed by atoms with Gasteiger partial charge in [-0.3, -0.25) is 0 Å². The molecular formula is C12H11N3OS2. The molecule has 0 aliphatic rings. The number of hydrogen-bond donors (Lipinski definition) is 1. The Morgan fingerprint density at radius 2 is 2.39 bits per heavy atom. The summed E-state index contributed by atoms with van der Waals surface area (Å²) in [6.45, 7) is 2.94. The lowest BCUT2D eigenvalue weighted by molar-refractivity contribution is 0.582. The van der Waals surface area contributed by atoms with E-state index in [1.165, 1.54) is 0 Å². The van der Waals surface area contributed by atoms with Crippen molar-refractivity contribution in [3.63, 3.8) is 0 Å². The van der Waals surface area contributed by atoms with E-state index in [1.54, 1.807) is 28.9 Å². The number of hydrogen-bond acceptors (Lipinski definition) is 6. The number of anilines is 1. The zero-order valence-corrected chi connectivity index (χ0v) is 11.3. The van der Waals surface area contributed by atoms with E-state index in [0.29, 0.717) is 0 Å². The van der Waals surface area contributed by atoms with E-state index in [4.69, 9.17) is 4.42 Å². The van der Waals surface area contributed by atoms with Gasteiger partial charge in [0.05, 0.1) is 16.8 Å². The number of nitrogens with zero attached hydrogens (tertiary/aromatic N) is 2. The zero-order chi connectivity index (χ0) is 12.4. The van der Waals surface area contributed by atoms with Crippen molar-refractivity contribution in [1.82, 2.24) is 9.97 Å². The molecule has 0 bridgehead atoms. The van der Waals surface area contributed by atoms with Crippen molar-refractivity contribution in [3.8, 4) is 21.3 Å². The second-order valence-electron chi connectivity index (χ2n) is 3.58. The second-order valence-corrected chi connectivity index (χ2v) is 5.46. The van der Waals surface area contributed by atoms with E-state index in [2.05, 4.69) is 22.2 Å². The summed E-state index contributed by atoms with van der Waals surface area (Å²) in [5, 5.41) is 7.07. The predicted octanol–water partition coefficient (Wildman–Crippen LogP) is 3.96. The van der Waals surface area contributed by atoms with E-state index in [9.17, 15) is 0 Å². The smallest absolute Gasteiger partial charge is 0.183 e. The van der Waals surface area contributed by atoms with E-state index in [-0.39, 0.29) is 0 Å². The van der Waals surface area contributed by atoms with E-state index < -0.39 is 0 Å². The Morgan fingerprint density at radius 1 is 1.44 bits per heavy atom. The van der Waals surface area contributed by atoms with Crippen LogP contribution in [0, 0.1) is 0 Å². The summed E-state index contributed by atoms with van der Waals surface area (Å²) in [5.41, 5.74) is 0.964. The van der Waals surface area contributed by atoms with Crippen molar-refractivity contribution in [1.29, 1.82) is 0 Å². The highest BCUT2D eigenvalue weighted by Crippen LogP contribution is 2.33. The van der Waals surface area contributed by atoms with E-state index in [0.717, 1.165) is 33.0 Å². The van der Waals surface area contributed by atoms with Crippen molar-refractivity contribution >= 4 is 27.8 Å². The molecule has 0 saturated heterocycles. The quantitative estimate of drug-likeness (QED) is 0.784. The van der Waals surface area contributed by atoms with Crippen molar-refractivity contribution in [3.05, 3.63) is 30.0 Å². The number of rotatable bonds is 4. The molecule has 3 rings (SSSR count). The third-order valence-corrected chi connectivity index (χ3v) is 4.16. The maximum atomic E-state index is 5.33. The Morgan fingerprint density at radius 3 is 3.17 bits per heavy atom. The van der Waals surface area contributed by atoms with Crippen molar-refractivity contribution in [2.45, 2.75) is 6.92 Å². The number of thiazole rings is 2. The average molecular weight is 277 g/mol. The van der Waals surface area contributed by atoms with E-state index in [1.807, 2.05) is 23.7 Å². The van der Waals surface area contributed by atoms with Gasteiger partial charge >= 0.3 is 0 Å². The van der Waals surface area contributed by atoms with Gasteiger partial charge in [0.1, 0.15) is 0 Å². The van der Waals surface area contributed by atoms with Gasteiger partial charge in [0, 0.05) is 18.1 Å². The fraction of sp³-hybridized carbons (Fsp3) is 0.167. The third-order valence-electron chi connectivity index (χ3n) is 2.32. The minimum Gasteiger partial charge on any atom is -0.462 e. The first-order valence-electron chi connectivity index (χ1n) is 5.56. The van der Waals surface area contributed by atoms with Crippen LogP contribution < -0.4 is 5.32 Å². The molecule has 6 heteroatoms. The number of aromatic nitrogens is 2. The van der Waals surface area contributed by atoms with Crippen LogP contribution in [0.5, 0.6) is 0 Å². The molecule has 0 saturated carbocycles. The van der Waals surface area contributed by atoms with E-state index >= 15 is 0 Å². The Hall–Kier alpha value is -1.66. The fourth-order valence-corrected chi connectivity index (χ4v) is 3.23. The standard InChI is InChI=1S/C12H11N3OS2/c1-2-13-12-15-8(7-17-12)10-6-14-11(18-10)9-4-3-5-16-9/h3-7H,2H2,1H3,(H,13,15). The molecule has 0 aliphatic carbocycles. The first kappa shape index (κ1) is 11.4. The molecule has 0 unspecified atom stereocenters. The highest BCUT2D eigenvalue weighted by Gasteiger charge is 2.11. The topological polar surface area (TPSA) is 51.0 Å². The minimum atomic E-state index is 0.799. The van der Waals surface area contributed by atoms with Gasteiger partial charge in [-0.1, -0.05) is 0 Å².